The highest BCUT2D eigenvalue weighted by Crippen LogP contribution is 2.41. The molecule has 1 aliphatic heterocycles. The van der Waals surface area contributed by atoms with Crippen LogP contribution in [-0.2, 0) is 59.0 Å². The molecule has 0 unspecified atom stereocenters. The van der Waals surface area contributed by atoms with Gasteiger partial charge in [-0.05, 0) is 74.3 Å². The number of ether oxygens (including phenoxy) is 8. The fourth-order valence-electron chi connectivity index (χ4n) is 6.37. The molecular formula is C42H54O13. The van der Waals surface area contributed by atoms with Crippen LogP contribution in [0.1, 0.15) is 87.1 Å². The van der Waals surface area contributed by atoms with E-state index < -0.39 is 67.2 Å². The molecule has 1 heterocycles. The lowest BCUT2D eigenvalue weighted by Crippen LogP contribution is -2.63. The molecule has 2 aliphatic rings. The zero-order valence-corrected chi connectivity index (χ0v) is 33.4. The molecule has 13 heteroatoms. The van der Waals surface area contributed by atoms with Gasteiger partial charge in [0.2, 0.25) is 12.4 Å². The first kappa shape index (κ1) is 44.2. The highest BCUT2D eigenvalue weighted by molar-refractivity contribution is 5.83. The predicted molar refractivity (Wildman–Crippen MR) is 201 cm³/mol. The fraction of sp³-hybridized carbons (Fsp3) is 0.500. The van der Waals surface area contributed by atoms with Crippen LogP contribution in [0.3, 0.4) is 0 Å². The van der Waals surface area contributed by atoms with Crippen LogP contribution in [0, 0.1) is 5.41 Å². The molecule has 0 N–H and O–H groups in total. The van der Waals surface area contributed by atoms with Gasteiger partial charge >= 0.3 is 29.8 Å². The highest BCUT2D eigenvalue weighted by Gasteiger charge is 2.53. The lowest BCUT2D eigenvalue weighted by Gasteiger charge is -2.44. The van der Waals surface area contributed by atoms with Crippen molar-refractivity contribution in [1.29, 1.82) is 0 Å². The summed E-state index contributed by atoms with van der Waals surface area (Å²) in [6, 6.07) is 4.77. The number of carbonyl (C=O) groups excluding carboxylic acids is 5. The average Bonchev–Trinajstić information content (AvgIpc) is 3.08. The van der Waals surface area contributed by atoms with Crippen LogP contribution in [0.15, 0.2) is 76.9 Å². The van der Waals surface area contributed by atoms with Crippen molar-refractivity contribution in [2.45, 2.75) is 119 Å². The Morgan fingerprint density at radius 3 is 2.09 bits per heavy atom. The van der Waals surface area contributed by atoms with Gasteiger partial charge in [0.1, 0.15) is 19.3 Å². The molecule has 1 aliphatic carbocycles. The van der Waals surface area contributed by atoms with Crippen LogP contribution < -0.4 is 9.47 Å². The molecule has 0 radical (unpaired) electrons. The Morgan fingerprint density at radius 2 is 1.47 bits per heavy atom. The molecule has 0 amide bonds. The first-order valence-corrected chi connectivity index (χ1v) is 18.1. The summed E-state index contributed by atoms with van der Waals surface area (Å²) in [5.74, 6) is -3.22. The van der Waals surface area contributed by atoms with Crippen LogP contribution in [0.25, 0.3) is 0 Å². The molecular weight excluding hydrogens is 712 g/mol. The number of allylic oxidation sites excluding steroid dienone is 9. The van der Waals surface area contributed by atoms with E-state index in [1.165, 1.54) is 50.2 Å². The summed E-state index contributed by atoms with van der Waals surface area (Å²) < 4.78 is 44.7. The van der Waals surface area contributed by atoms with Gasteiger partial charge in [0, 0.05) is 33.8 Å². The van der Waals surface area contributed by atoms with Crippen molar-refractivity contribution < 1.29 is 61.9 Å². The average molecular weight is 767 g/mol. The molecule has 1 aromatic carbocycles. The molecule has 1 fully saturated rings. The van der Waals surface area contributed by atoms with E-state index in [0.717, 1.165) is 32.8 Å². The third kappa shape index (κ3) is 13.9. The molecule has 0 saturated carbocycles. The van der Waals surface area contributed by atoms with Crippen LogP contribution in [-0.4, -0.2) is 74.3 Å². The molecule has 1 aromatic rings. The molecule has 1 saturated heterocycles. The van der Waals surface area contributed by atoms with Gasteiger partial charge in [0.15, 0.2) is 23.7 Å². The number of benzene rings is 1. The van der Waals surface area contributed by atoms with Gasteiger partial charge in [-0.15, -0.1) is 0 Å². The number of hydrogen-bond donors (Lipinski definition) is 0. The normalized spacial score (nSPS) is 22.9. The lowest BCUT2D eigenvalue weighted by molar-refractivity contribution is -0.288. The minimum absolute atomic E-state index is 0.0845. The first-order valence-electron chi connectivity index (χ1n) is 18.1. The van der Waals surface area contributed by atoms with Gasteiger partial charge in [0.25, 0.3) is 0 Å². The van der Waals surface area contributed by atoms with E-state index in [1.807, 2.05) is 25.2 Å². The summed E-state index contributed by atoms with van der Waals surface area (Å²) in [5.41, 5.74) is 5.27. The van der Waals surface area contributed by atoms with Crippen molar-refractivity contribution in [2.24, 2.45) is 5.41 Å². The quantitative estimate of drug-likeness (QED) is 0.0801. The summed E-state index contributed by atoms with van der Waals surface area (Å²) in [4.78, 5) is 60.9. The zero-order valence-electron chi connectivity index (χ0n) is 33.4. The van der Waals surface area contributed by atoms with Crippen LogP contribution >= 0.6 is 0 Å². The molecule has 3 rings (SSSR count). The Balaban J connectivity index is 1.77. The first-order chi connectivity index (χ1) is 25.9. The Bertz CT molecular complexity index is 1730. The van der Waals surface area contributed by atoms with Crippen molar-refractivity contribution in [2.75, 3.05) is 13.7 Å². The smallest absolute Gasteiger partial charge is 0.331 e. The molecule has 5 atom stereocenters. The number of carbonyl (C=O) groups is 5. The number of hydrogen-bond acceptors (Lipinski definition) is 13. The van der Waals surface area contributed by atoms with E-state index >= 15 is 0 Å². The SMILES string of the molecule is COc1ccc(COC(=O)\C=C(C)/C=C/C=C(C)/C=C/C2=C(C)CCCC2(C)C)cc1O[C@@H]1O[C@H](COC(C)=O)[C@@H](OC(C)=O)[C@H](OC(C)=O)[C@H]1OC(C)=O. The summed E-state index contributed by atoms with van der Waals surface area (Å²) >= 11 is 0. The minimum Gasteiger partial charge on any atom is -0.493 e. The van der Waals surface area contributed by atoms with Gasteiger partial charge in [-0.3, -0.25) is 19.2 Å². The second-order valence-electron chi connectivity index (χ2n) is 14.2. The molecule has 300 valence electrons. The van der Waals surface area contributed by atoms with Crippen LogP contribution in [0.5, 0.6) is 11.5 Å². The Hall–Kier alpha value is -5.17. The fourth-order valence-corrected chi connectivity index (χ4v) is 6.37. The lowest BCUT2D eigenvalue weighted by atomic mass is 9.72. The number of rotatable bonds is 15. The van der Waals surface area contributed by atoms with E-state index in [0.29, 0.717) is 11.1 Å². The van der Waals surface area contributed by atoms with Crippen molar-refractivity contribution in [3.8, 4) is 11.5 Å². The third-order valence-electron chi connectivity index (χ3n) is 8.92. The van der Waals surface area contributed by atoms with Crippen molar-refractivity contribution >= 4 is 29.8 Å². The predicted octanol–water partition coefficient (Wildman–Crippen LogP) is 6.73. The minimum atomic E-state index is -1.49. The van der Waals surface area contributed by atoms with E-state index in [4.69, 9.17) is 37.9 Å². The van der Waals surface area contributed by atoms with Crippen molar-refractivity contribution in [3.05, 3.63) is 82.5 Å². The maximum absolute atomic E-state index is 12.7. The highest BCUT2D eigenvalue weighted by atomic mass is 16.7. The Labute approximate surface area is 323 Å². The monoisotopic (exact) mass is 766 g/mol. The molecule has 55 heavy (non-hydrogen) atoms. The Morgan fingerprint density at radius 1 is 0.818 bits per heavy atom. The summed E-state index contributed by atoms with van der Waals surface area (Å²) in [6.45, 7) is 14.6. The standard InChI is InChI=1S/C42H54O13/c1-25(16-18-33-27(3)15-12-20-42(33,8)9)13-11-14-26(2)21-37(47)50-23-32-17-19-34(48-10)35(22-32)54-41-40(53-31(7)46)39(52-30(6)45)38(51-29(5)44)36(55-41)24-49-28(4)43/h11,13-14,16-19,21-22,36,38-41H,12,15,20,23-24H2,1-10H3/b14-11+,18-16+,25-13+,26-21-/t36-,38-,39+,40-,41-/m1/s1. The molecule has 0 spiro atoms. The Kier molecular flexibility index (Phi) is 16.5. The van der Waals surface area contributed by atoms with Crippen molar-refractivity contribution in [3.63, 3.8) is 0 Å². The maximum Gasteiger partial charge on any atom is 0.331 e. The molecule has 0 aromatic heterocycles. The van der Waals surface area contributed by atoms with Gasteiger partial charge in [0.05, 0.1) is 7.11 Å². The van der Waals surface area contributed by atoms with E-state index in [9.17, 15) is 24.0 Å². The van der Waals surface area contributed by atoms with E-state index in [-0.39, 0.29) is 23.5 Å². The second kappa shape index (κ2) is 20.5. The summed E-state index contributed by atoms with van der Waals surface area (Å²) in [7, 11) is 1.40. The van der Waals surface area contributed by atoms with Crippen LogP contribution in [0.4, 0.5) is 0 Å². The van der Waals surface area contributed by atoms with Gasteiger partial charge < -0.3 is 37.9 Å². The largest absolute Gasteiger partial charge is 0.493 e. The van der Waals surface area contributed by atoms with Gasteiger partial charge in [-0.1, -0.05) is 61.4 Å². The van der Waals surface area contributed by atoms with Gasteiger partial charge in [-0.25, -0.2) is 4.79 Å². The van der Waals surface area contributed by atoms with E-state index in [2.05, 4.69) is 32.9 Å². The molecule has 13 nitrogen and oxygen atoms in total. The maximum atomic E-state index is 12.7. The zero-order chi connectivity index (χ0) is 40.9. The number of methoxy groups -OCH3 is 1. The van der Waals surface area contributed by atoms with Crippen molar-refractivity contribution in [1.82, 2.24) is 0 Å². The summed E-state index contributed by atoms with van der Waals surface area (Å²) in [6.07, 6.45) is 8.01. The van der Waals surface area contributed by atoms with Crippen LogP contribution in [0.2, 0.25) is 0 Å². The topological polar surface area (TPSA) is 159 Å². The van der Waals surface area contributed by atoms with Gasteiger partial charge in [-0.2, -0.15) is 0 Å². The molecule has 0 bridgehead atoms. The number of esters is 5. The van der Waals surface area contributed by atoms with E-state index in [1.54, 1.807) is 19.1 Å². The summed E-state index contributed by atoms with van der Waals surface area (Å²) in [5, 5.41) is 0. The third-order valence-corrected chi connectivity index (χ3v) is 8.92. The second-order valence-corrected chi connectivity index (χ2v) is 14.2.